The van der Waals surface area contributed by atoms with Crippen LogP contribution in [-0.4, -0.2) is 4.98 Å². The summed E-state index contributed by atoms with van der Waals surface area (Å²) in [4.78, 5) is 3.12. The summed E-state index contributed by atoms with van der Waals surface area (Å²) in [6, 6.07) is 3.18. The number of aromatic nitrogens is 1. The number of aryl methyl sites for hydroxylation is 2. The fraction of sp³-hybridized carbons (Fsp3) is 0.556. The van der Waals surface area contributed by atoms with Crippen molar-refractivity contribution < 1.29 is 0 Å². The topological polar surface area (TPSA) is 15.8 Å². The van der Waals surface area contributed by atoms with Gasteiger partial charge >= 0.3 is 0 Å². The first-order valence-electron chi connectivity index (χ1n) is 3.89. The summed E-state index contributed by atoms with van der Waals surface area (Å²) in [7, 11) is 0. The van der Waals surface area contributed by atoms with Crippen LogP contribution in [0.4, 0.5) is 0 Å². The Balaban J connectivity index is 2.49. The Morgan fingerprint density at radius 2 is 2.40 bits per heavy atom. The van der Waals surface area contributed by atoms with E-state index in [-0.39, 0.29) is 0 Å². The van der Waals surface area contributed by atoms with Gasteiger partial charge in [-0.3, -0.25) is 0 Å². The van der Waals surface area contributed by atoms with Gasteiger partial charge in [-0.2, -0.15) is 0 Å². The second-order valence-electron chi connectivity index (χ2n) is 2.64. The van der Waals surface area contributed by atoms with Crippen LogP contribution in [0, 0.1) is 13.0 Å². The van der Waals surface area contributed by atoms with Gasteiger partial charge in [-0.25, -0.2) is 0 Å². The summed E-state index contributed by atoms with van der Waals surface area (Å²) in [5, 5.41) is 0. The lowest BCUT2D eigenvalue weighted by molar-refractivity contribution is 0.791. The van der Waals surface area contributed by atoms with Crippen molar-refractivity contribution in [3.63, 3.8) is 0 Å². The summed E-state index contributed by atoms with van der Waals surface area (Å²) in [6.45, 7) is 4.31. The van der Waals surface area contributed by atoms with Crippen molar-refractivity contribution in [2.24, 2.45) is 0 Å². The number of rotatable bonds is 3. The average Bonchev–Trinajstić information content (AvgIpc) is 2.31. The fourth-order valence-corrected chi connectivity index (χ4v) is 1.04. The Hall–Kier alpha value is -0.720. The third kappa shape index (κ3) is 1.63. The van der Waals surface area contributed by atoms with Crippen LogP contribution in [-0.2, 0) is 6.42 Å². The highest BCUT2D eigenvalue weighted by atomic mass is 14.7. The van der Waals surface area contributed by atoms with Crippen LogP contribution >= 0.6 is 0 Å². The number of nitrogens with one attached hydrogen (secondary N) is 1. The van der Waals surface area contributed by atoms with Gasteiger partial charge in [-0.1, -0.05) is 13.3 Å². The molecule has 10 heavy (non-hydrogen) atoms. The molecular formula is C9H14N. The van der Waals surface area contributed by atoms with Crippen molar-refractivity contribution in [3.8, 4) is 0 Å². The molecule has 0 aromatic carbocycles. The third-order valence-electron chi connectivity index (χ3n) is 1.77. The molecular weight excluding hydrogens is 122 g/mol. The van der Waals surface area contributed by atoms with Crippen molar-refractivity contribution in [2.75, 3.05) is 0 Å². The Kier molecular flexibility index (Phi) is 2.55. The maximum atomic E-state index is 3.18. The quantitative estimate of drug-likeness (QED) is 0.657. The standard InChI is InChI=1S/C9H14N/c1-3-4-5-9-6-7-10-8(9)2/h7,10H,3-5H2,1-2H3. The predicted molar refractivity (Wildman–Crippen MR) is 43.0 cm³/mol. The van der Waals surface area contributed by atoms with Crippen LogP contribution in [0.5, 0.6) is 0 Å². The maximum Gasteiger partial charge on any atom is 0.0154 e. The van der Waals surface area contributed by atoms with Crippen LogP contribution in [0.3, 0.4) is 0 Å². The minimum atomic E-state index is 1.17. The number of unbranched alkanes of at least 4 members (excludes halogenated alkanes) is 1. The first-order chi connectivity index (χ1) is 4.84. The first-order valence-corrected chi connectivity index (χ1v) is 3.89. The minimum absolute atomic E-state index is 1.17. The Labute approximate surface area is 62.5 Å². The molecule has 1 aromatic rings. The largest absolute Gasteiger partial charge is 0.364 e. The molecule has 0 aliphatic rings. The van der Waals surface area contributed by atoms with Gasteiger partial charge in [0.05, 0.1) is 0 Å². The van der Waals surface area contributed by atoms with Crippen molar-refractivity contribution in [3.05, 3.63) is 23.5 Å². The fourth-order valence-electron chi connectivity index (χ4n) is 1.04. The average molecular weight is 136 g/mol. The van der Waals surface area contributed by atoms with E-state index in [0.717, 1.165) is 0 Å². The van der Waals surface area contributed by atoms with E-state index in [1.807, 2.05) is 6.20 Å². The highest BCUT2D eigenvalue weighted by Gasteiger charge is 1.96. The third-order valence-corrected chi connectivity index (χ3v) is 1.77. The molecule has 1 heterocycles. The molecule has 1 nitrogen and oxygen atoms in total. The van der Waals surface area contributed by atoms with E-state index in [0.29, 0.717) is 0 Å². The molecule has 1 N–H and O–H groups in total. The van der Waals surface area contributed by atoms with Gasteiger partial charge in [0.25, 0.3) is 0 Å². The summed E-state index contributed by atoms with van der Waals surface area (Å²) < 4.78 is 0. The highest BCUT2D eigenvalue weighted by molar-refractivity contribution is 5.17. The van der Waals surface area contributed by atoms with Crippen molar-refractivity contribution >= 4 is 0 Å². The number of H-pyrrole nitrogens is 1. The van der Waals surface area contributed by atoms with E-state index in [1.54, 1.807) is 0 Å². The van der Waals surface area contributed by atoms with Gasteiger partial charge in [0.1, 0.15) is 0 Å². The van der Waals surface area contributed by atoms with Crippen LogP contribution < -0.4 is 0 Å². The Bertz CT molecular complexity index is 188. The summed E-state index contributed by atoms with van der Waals surface area (Å²) in [5.74, 6) is 0. The molecule has 0 saturated carbocycles. The highest BCUT2D eigenvalue weighted by Crippen LogP contribution is 2.07. The SMILES string of the molecule is CCCCc1[c]c[nH]c1C. The maximum absolute atomic E-state index is 3.18. The lowest BCUT2D eigenvalue weighted by Crippen LogP contribution is -1.84. The van der Waals surface area contributed by atoms with Crippen molar-refractivity contribution in [1.29, 1.82) is 0 Å². The van der Waals surface area contributed by atoms with E-state index in [2.05, 4.69) is 24.9 Å². The van der Waals surface area contributed by atoms with Crippen LogP contribution in [0.25, 0.3) is 0 Å². The van der Waals surface area contributed by atoms with Gasteiger partial charge < -0.3 is 4.98 Å². The van der Waals surface area contributed by atoms with Crippen LogP contribution in [0.2, 0.25) is 0 Å². The van der Waals surface area contributed by atoms with E-state index in [9.17, 15) is 0 Å². The number of hydrogen-bond donors (Lipinski definition) is 1. The predicted octanol–water partition coefficient (Wildman–Crippen LogP) is 2.47. The molecule has 0 atom stereocenters. The zero-order chi connectivity index (χ0) is 7.40. The summed E-state index contributed by atoms with van der Waals surface area (Å²) >= 11 is 0. The van der Waals surface area contributed by atoms with Gasteiger partial charge in [-0.05, 0) is 25.3 Å². The van der Waals surface area contributed by atoms with Crippen molar-refractivity contribution in [1.82, 2.24) is 4.98 Å². The zero-order valence-corrected chi connectivity index (χ0v) is 6.70. The van der Waals surface area contributed by atoms with E-state index < -0.39 is 0 Å². The molecule has 0 amide bonds. The van der Waals surface area contributed by atoms with E-state index >= 15 is 0 Å². The van der Waals surface area contributed by atoms with Crippen molar-refractivity contribution in [2.45, 2.75) is 33.1 Å². The summed E-state index contributed by atoms with van der Waals surface area (Å²) in [6.07, 6.45) is 5.60. The Morgan fingerprint density at radius 3 is 2.90 bits per heavy atom. The molecule has 0 spiro atoms. The van der Waals surface area contributed by atoms with Crippen LogP contribution in [0.15, 0.2) is 6.20 Å². The number of hydrogen-bond acceptors (Lipinski definition) is 0. The lowest BCUT2D eigenvalue weighted by Gasteiger charge is -1.95. The number of aromatic amines is 1. The summed E-state index contributed by atoms with van der Waals surface area (Å²) in [5.41, 5.74) is 2.62. The monoisotopic (exact) mass is 136 g/mol. The molecule has 0 aliphatic carbocycles. The molecule has 0 bridgehead atoms. The second-order valence-corrected chi connectivity index (χ2v) is 2.64. The minimum Gasteiger partial charge on any atom is -0.364 e. The molecule has 0 saturated heterocycles. The molecule has 0 unspecified atom stereocenters. The normalized spacial score (nSPS) is 10.2. The smallest absolute Gasteiger partial charge is 0.0154 e. The molecule has 1 radical (unpaired) electrons. The lowest BCUT2D eigenvalue weighted by atomic mass is 10.1. The molecule has 1 rings (SSSR count). The molecule has 1 heteroatoms. The molecule has 0 aliphatic heterocycles. The first kappa shape index (κ1) is 7.39. The van der Waals surface area contributed by atoms with Crippen LogP contribution in [0.1, 0.15) is 31.0 Å². The molecule has 1 aromatic heterocycles. The molecule has 0 fully saturated rings. The van der Waals surface area contributed by atoms with Gasteiger partial charge in [0.15, 0.2) is 0 Å². The van der Waals surface area contributed by atoms with Gasteiger partial charge in [-0.15, -0.1) is 0 Å². The van der Waals surface area contributed by atoms with E-state index in [1.165, 1.54) is 30.5 Å². The van der Waals surface area contributed by atoms with Gasteiger partial charge in [0, 0.05) is 18.0 Å². The van der Waals surface area contributed by atoms with E-state index in [4.69, 9.17) is 0 Å². The zero-order valence-electron chi connectivity index (χ0n) is 6.70. The molecule has 55 valence electrons. The van der Waals surface area contributed by atoms with Gasteiger partial charge in [0.2, 0.25) is 0 Å². The second kappa shape index (κ2) is 3.45. The Morgan fingerprint density at radius 1 is 1.60 bits per heavy atom.